The van der Waals surface area contributed by atoms with E-state index in [1.54, 1.807) is 18.2 Å². The smallest absolute Gasteiger partial charge is 0.357 e. The molecule has 0 saturated carbocycles. The van der Waals surface area contributed by atoms with Crippen molar-refractivity contribution in [3.63, 3.8) is 0 Å². The van der Waals surface area contributed by atoms with Gasteiger partial charge in [0.15, 0.2) is 6.61 Å². The molecule has 0 unspecified atom stereocenters. The number of nitrogens with zero attached hydrogens (tertiary/aromatic N) is 1. The second kappa shape index (κ2) is 6.99. The number of rotatable bonds is 4. The van der Waals surface area contributed by atoms with Gasteiger partial charge in [0.1, 0.15) is 5.69 Å². The summed E-state index contributed by atoms with van der Waals surface area (Å²) in [6.45, 7) is 1.58. The number of hydrogen-bond acceptors (Lipinski definition) is 4. The molecule has 0 fully saturated rings. The van der Waals surface area contributed by atoms with Crippen LogP contribution in [-0.4, -0.2) is 23.5 Å². The zero-order valence-corrected chi connectivity index (χ0v) is 12.9. The van der Waals surface area contributed by atoms with Gasteiger partial charge in [0.2, 0.25) is 0 Å². The highest BCUT2D eigenvalue weighted by atomic mass is 79.9. The number of benzene rings is 1. The van der Waals surface area contributed by atoms with Crippen molar-refractivity contribution in [3.05, 3.63) is 58.3 Å². The standard InChI is InChI=1S/C15H13BrN2O3/c1-10-5-6-12(11(16)8-10)18-14(19)9-21-15(20)13-4-2-3-7-17-13/h2-8H,9H2,1H3,(H,18,19). The molecular weight excluding hydrogens is 336 g/mol. The Morgan fingerprint density at radius 1 is 1.29 bits per heavy atom. The monoisotopic (exact) mass is 348 g/mol. The maximum absolute atomic E-state index is 11.8. The summed E-state index contributed by atoms with van der Waals surface area (Å²) >= 11 is 3.36. The predicted molar refractivity (Wildman–Crippen MR) is 82.0 cm³/mol. The molecule has 1 N–H and O–H groups in total. The highest BCUT2D eigenvalue weighted by molar-refractivity contribution is 9.10. The lowest BCUT2D eigenvalue weighted by Gasteiger charge is -2.08. The molecule has 108 valence electrons. The van der Waals surface area contributed by atoms with Gasteiger partial charge in [0.05, 0.1) is 5.69 Å². The average Bonchev–Trinajstić information content (AvgIpc) is 2.48. The molecule has 1 aromatic heterocycles. The van der Waals surface area contributed by atoms with Crippen LogP contribution >= 0.6 is 15.9 Å². The molecule has 6 heteroatoms. The van der Waals surface area contributed by atoms with Crippen molar-refractivity contribution < 1.29 is 14.3 Å². The number of pyridine rings is 1. The highest BCUT2D eigenvalue weighted by Crippen LogP contribution is 2.23. The fourth-order valence-electron chi connectivity index (χ4n) is 1.60. The largest absolute Gasteiger partial charge is 0.451 e. The lowest BCUT2D eigenvalue weighted by Crippen LogP contribution is -2.21. The van der Waals surface area contributed by atoms with Gasteiger partial charge in [-0.3, -0.25) is 4.79 Å². The first kappa shape index (κ1) is 15.2. The van der Waals surface area contributed by atoms with Gasteiger partial charge in [-0.05, 0) is 52.7 Å². The van der Waals surface area contributed by atoms with E-state index >= 15 is 0 Å². The van der Waals surface area contributed by atoms with Gasteiger partial charge < -0.3 is 10.1 Å². The van der Waals surface area contributed by atoms with Gasteiger partial charge in [0.25, 0.3) is 5.91 Å². The first-order chi connectivity index (χ1) is 10.1. The molecule has 0 atom stereocenters. The van der Waals surface area contributed by atoms with E-state index < -0.39 is 11.9 Å². The number of carbonyl (C=O) groups excluding carboxylic acids is 2. The fraction of sp³-hybridized carbons (Fsp3) is 0.133. The van der Waals surface area contributed by atoms with Gasteiger partial charge >= 0.3 is 5.97 Å². The molecule has 0 aliphatic rings. The Kier molecular flexibility index (Phi) is 5.05. The summed E-state index contributed by atoms with van der Waals surface area (Å²) < 4.78 is 5.67. The van der Waals surface area contributed by atoms with Crippen molar-refractivity contribution in [2.75, 3.05) is 11.9 Å². The van der Waals surface area contributed by atoms with Crippen molar-refractivity contribution in [2.24, 2.45) is 0 Å². The van der Waals surface area contributed by atoms with Gasteiger partial charge in [-0.2, -0.15) is 0 Å². The van der Waals surface area contributed by atoms with Crippen LogP contribution in [0.4, 0.5) is 5.69 Å². The Hall–Kier alpha value is -2.21. The van der Waals surface area contributed by atoms with Crippen molar-refractivity contribution in [1.29, 1.82) is 0 Å². The van der Waals surface area contributed by atoms with Crippen LogP contribution in [0.15, 0.2) is 47.1 Å². The van der Waals surface area contributed by atoms with E-state index in [0.717, 1.165) is 10.0 Å². The molecule has 0 bridgehead atoms. The van der Waals surface area contributed by atoms with Crippen LogP contribution in [0, 0.1) is 6.92 Å². The quantitative estimate of drug-likeness (QED) is 0.862. The minimum atomic E-state index is -0.631. The molecule has 1 amide bonds. The Bertz CT molecular complexity index is 659. The number of anilines is 1. The zero-order chi connectivity index (χ0) is 15.2. The minimum Gasteiger partial charge on any atom is -0.451 e. The van der Waals surface area contributed by atoms with Gasteiger partial charge in [-0.1, -0.05) is 12.1 Å². The topological polar surface area (TPSA) is 68.3 Å². The molecule has 0 aliphatic carbocycles. The summed E-state index contributed by atoms with van der Waals surface area (Å²) in [6, 6.07) is 10.4. The summed E-state index contributed by atoms with van der Waals surface area (Å²) in [5, 5.41) is 2.66. The molecule has 2 rings (SSSR count). The summed E-state index contributed by atoms with van der Waals surface area (Å²) in [7, 11) is 0. The van der Waals surface area contributed by atoms with Crippen molar-refractivity contribution in [3.8, 4) is 0 Å². The number of nitrogens with one attached hydrogen (secondary N) is 1. The van der Waals surface area contributed by atoms with Crippen molar-refractivity contribution in [2.45, 2.75) is 6.92 Å². The number of esters is 1. The number of aromatic nitrogens is 1. The number of aryl methyl sites for hydroxylation is 1. The SMILES string of the molecule is Cc1ccc(NC(=O)COC(=O)c2ccccn2)c(Br)c1. The summed E-state index contributed by atoms with van der Waals surface area (Å²) in [5.41, 5.74) is 1.86. The number of amides is 1. The lowest BCUT2D eigenvalue weighted by molar-refractivity contribution is -0.119. The molecule has 21 heavy (non-hydrogen) atoms. The van der Waals surface area contributed by atoms with Crippen LogP contribution in [0.1, 0.15) is 16.1 Å². The number of carbonyl (C=O) groups is 2. The molecule has 0 aliphatic heterocycles. The van der Waals surface area contributed by atoms with Crippen LogP contribution < -0.4 is 5.32 Å². The van der Waals surface area contributed by atoms with E-state index in [1.807, 2.05) is 19.1 Å². The van der Waals surface area contributed by atoms with Crippen molar-refractivity contribution in [1.82, 2.24) is 4.98 Å². The van der Waals surface area contributed by atoms with Gasteiger partial charge in [0, 0.05) is 10.7 Å². The summed E-state index contributed by atoms with van der Waals surface area (Å²) in [4.78, 5) is 27.2. The normalized spacial score (nSPS) is 10.0. The Morgan fingerprint density at radius 3 is 2.76 bits per heavy atom. The lowest BCUT2D eigenvalue weighted by atomic mass is 10.2. The minimum absolute atomic E-state index is 0.168. The Labute approximate surface area is 130 Å². The first-order valence-electron chi connectivity index (χ1n) is 6.20. The fourth-order valence-corrected chi connectivity index (χ4v) is 2.19. The number of ether oxygens (including phenoxy) is 1. The molecule has 0 saturated heterocycles. The van der Waals surface area contributed by atoms with Crippen LogP contribution in [0.5, 0.6) is 0 Å². The van der Waals surface area contributed by atoms with Crippen LogP contribution in [0.2, 0.25) is 0 Å². The van der Waals surface area contributed by atoms with Crippen LogP contribution in [0.25, 0.3) is 0 Å². The van der Waals surface area contributed by atoms with E-state index in [0.29, 0.717) is 5.69 Å². The summed E-state index contributed by atoms with van der Waals surface area (Å²) in [6.07, 6.45) is 1.49. The van der Waals surface area contributed by atoms with Crippen LogP contribution in [-0.2, 0) is 9.53 Å². The predicted octanol–water partition coefficient (Wildman–Crippen LogP) is 2.95. The van der Waals surface area contributed by atoms with Gasteiger partial charge in [-0.25, -0.2) is 9.78 Å². The highest BCUT2D eigenvalue weighted by Gasteiger charge is 2.11. The third-order valence-corrected chi connectivity index (χ3v) is 3.26. The van der Waals surface area contributed by atoms with E-state index in [9.17, 15) is 9.59 Å². The molecule has 1 aromatic carbocycles. The second-order valence-corrected chi connectivity index (χ2v) is 5.18. The van der Waals surface area contributed by atoms with Gasteiger partial charge in [-0.15, -0.1) is 0 Å². The molecule has 1 heterocycles. The maximum Gasteiger partial charge on any atom is 0.357 e. The van der Waals surface area contributed by atoms with E-state index in [1.165, 1.54) is 12.3 Å². The third-order valence-electron chi connectivity index (χ3n) is 2.61. The Balaban J connectivity index is 1.89. The molecule has 5 nitrogen and oxygen atoms in total. The van der Waals surface area contributed by atoms with E-state index in [2.05, 4.69) is 26.2 Å². The first-order valence-corrected chi connectivity index (χ1v) is 7.00. The maximum atomic E-state index is 11.8. The Morgan fingerprint density at radius 2 is 2.10 bits per heavy atom. The van der Waals surface area contributed by atoms with E-state index in [-0.39, 0.29) is 12.3 Å². The molecule has 0 radical (unpaired) electrons. The van der Waals surface area contributed by atoms with Crippen molar-refractivity contribution >= 4 is 33.5 Å². The number of halogens is 1. The summed E-state index contributed by atoms with van der Waals surface area (Å²) in [5.74, 6) is -1.04. The molecular formula is C15H13BrN2O3. The third kappa shape index (κ3) is 4.39. The second-order valence-electron chi connectivity index (χ2n) is 4.32. The van der Waals surface area contributed by atoms with Crippen LogP contribution in [0.3, 0.4) is 0 Å². The molecule has 2 aromatic rings. The van der Waals surface area contributed by atoms with E-state index in [4.69, 9.17) is 4.74 Å². The average molecular weight is 349 g/mol. The molecule has 0 spiro atoms. The zero-order valence-electron chi connectivity index (χ0n) is 11.3. The number of hydrogen-bond donors (Lipinski definition) is 1.